The number of hydrogen-bond donors (Lipinski definition) is 3. The number of thioether (sulfide) groups is 1. The largest absolute Gasteiger partial charge is 0.508 e. The molecule has 0 aliphatic rings. The van der Waals surface area contributed by atoms with Crippen LogP contribution >= 0.6 is 23.4 Å². The quantitative estimate of drug-likeness (QED) is 0.164. The highest BCUT2D eigenvalue weighted by Crippen LogP contribution is 2.37. The van der Waals surface area contributed by atoms with Crippen molar-refractivity contribution in [3.05, 3.63) is 62.0 Å². The van der Waals surface area contributed by atoms with E-state index in [1.54, 1.807) is 30.0 Å². The van der Waals surface area contributed by atoms with Gasteiger partial charge in [-0.2, -0.15) is 0 Å². The van der Waals surface area contributed by atoms with Crippen LogP contribution < -0.4 is 5.63 Å². The minimum absolute atomic E-state index is 0.0711. The Labute approximate surface area is 207 Å². The Bertz CT molecular complexity index is 1250. The third kappa shape index (κ3) is 5.88. The van der Waals surface area contributed by atoms with Gasteiger partial charge in [-0.1, -0.05) is 44.4 Å². The number of carboxylic acid groups (broad SMARTS) is 1. The number of phenols is 1. The topological polar surface area (TPSA) is 108 Å². The first-order valence-electron chi connectivity index (χ1n) is 11.4. The molecule has 3 rings (SSSR count). The number of hydrogen-bond acceptors (Lipinski definition) is 6. The zero-order valence-electron chi connectivity index (χ0n) is 19.3. The van der Waals surface area contributed by atoms with Crippen LogP contribution in [0.3, 0.4) is 0 Å². The number of carbonyl (C=O) groups is 1. The Balaban J connectivity index is 1.86. The summed E-state index contributed by atoms with van der Waals surface area (Å²) in [5, 5.41) is 31.3. The molecule has 34 heavy (non-hydrogen) atoms. The van der Waals surface area contributed by atoms with E-state index in [2.05, 4.69) is 0 Å². The van der Waals surface area contributed by atoms with Gasteiger partial charge in [-0.05, 0) is 60.8 Å². The zero-order chi connectivity index (χ0) is 24.8. The molecule has 0 spiro atoms. The number of phenolic OH excluding ortho intramolecular Hbond substituents is 1. The summed E-state index contributed by atoms with van der Waals surface area (Å²) >= 11 is 7.90. The number of aryl methyl sites for hydroxylation is 3. The van der Waals surface area contributed by atoms with Crippen LogP contribution in [-0.4, -0.2) is 27.0 Å². The molecule has 1 heterocycles. The summed E-state index contributed by atoms with van der Waals surface area (Å²) in [5.74, 6) is -0.416. The normalized spacial score (nSPS) is 11.3. The average molecular weight is 505 g/mol. The highest BCUT2D eigenvalue weighted by molar-refractivity contribution is 7.99. The standard InChI is InChI=1S/C26H29ClO6S/c1-3-6-17-20(28)14-16(23-18(7-4-2)24(31)26(32)33-25(17)23)8-5-11-34-21-10-9-15(12-19(21)27)13-22(29)30/h9-10,12,14,28,31H,3-8,11,13H2,1-2H3,(H,29,30). The molecule has 0 aliphatic carbocycles. The van der Waals surface area contributed by atoms with Crippen LogP contribution in [0.1, 0.15) is 55.4 Å². The number of fused-ring (bicyclic) bond motifs is 1. The summed E-state index contributed by atoms with van der Waals surface area (Å²) in [5.41, 5.74) is 2.25. The molecule has 0 fully saturated rings. The minimum atomic E-state index is -0.902. The van der Waals surface area contributed by atoms with Gasteiger partial charge in [-0.15, -0.1) is 11.8 Å². The second-order valence-corrected chi connectivity index (χ2v) is 9.79. The van der Waals surface area contributed by atoms with E-state index >= 15 is 0 Å². The van der Waals surface area contributed by atoms with Gasteiger partial charge in [0.25, 0.3) is 0 Å². The van der Waals surface area contributed by atoms with Crippen molar-refractivity contribution < 1.29 is 24.5 Å². The molecular weight excluding hydrogens is 476 g/mol. The van der Waals surface area contributed by atoms with Crippen molar-refractivity contribution in [1.29, 1.82) is 0 Å². The molecule has 182 valence electrons. The van der Waals surface area contributed by atoms with Gasteiger partial charge in [-0.3, -0.25) is 4.79 Å². The molecule has 0 aliphatic heterocycles. The van der Waals surface area contributed by atoms with Gasteiger partial charge in [-0.25, -0.2) is 4.79 Å². The number of halogens is 1. The number of carboxylic acids is 1. The molecule has 2 aromatic carbocycles. The lowest BCUT2D eigenvalue weighted by Crippen LogP contribution is -2.07. The highest BCUT2D eigenvalue weighted by atomic mass is 35.5. The van der Waals surface area contributed by atoms with Gasteiger partial charge in [0.2, 0.25) is 5.75 Å². The van der Waals surface area contributed by atoms with Crippen LogP contribution in [0.2, 0.25) is 5.02 Å². The van der Waals surface area contributed by atoms with Crippen molar-refractivity contribution in [1.82, 2.24) is 0 Å². The fraction of sp³-hybridized carbons (Fsp3) is 0.385. The third-order valence-electron chi connectivity index (χ3n) is 5.62. The molecule has 0 unspecified atom stereocenters. The number of benzene rings is 2. The summed E-state index contributed by atoms with van der Waals surface area (Å²) < 4.78 is 5.48. The second-order valence-electron chi connectivity index (χ2n) is 8.24. The van der Waals surface area contributed by atoms with E-state index in [0.717, 1.165) is 40.9 Å². The van der Waals surface area contributed by atoms with E-state index in [9.17, 15) is 19.8 Å². The molecule has 0 saturated heterocycles. The van der Waals surface area contributed by atoms with Crippen LogP contribution in [0.5, 0.6) is 11.5 Å². The van der Waals surface area contributed by atoms with Crippen LogP contribution in [0, 0.1) is 0 Å². The number of rotatable bonds is 11. The maximum absolute atomic E-state index is 12.3. The summed E-state index contributed by atoms with van der Waals surface area (Å²) in [7, 11) is 0. The Kier molecular flexibility index (Phi) is 8.91. The van der Waals surface area contributed by atoms with E-state index in [-0.39, 0.29) is 17.9 Å². The Hall–Kier alpha value is -2.64. The Morgan fingerprint density at radius 3 is 2.41 bits per heavy atom. The summed E-state index contributed by atoms with van der Waals surface area (Å²) in [6.45, 7) is 3.97. The number of aliphatic carboxylic acids is 1. The Morgan fingerprint density at radius 1 is 1.06 bits per heavy atom. The zero-order valence-corrected chi connectivity index (χ0v) is 20.9. The Morgan fingerprint density at radius 2 is 1.76 bits per heavy atom. The molecule has 0 bridgehead atoms. The molecule has 0 saturated carbocycles. The van der Waals surface area contributed by atoms with Crippen molar-refractivity contribution in [2.75, 3.05) is 5.75 Å². The van der Waals surface area contributed by atoms with Gasteiger partial charge < -0.3 is 19.7 Å². The van der Waals surface area contributed by atoms with Gasteiger partial charge >= 0.3 is 11.6 Å². The average Bonchev–Trinajstić information content (AvgIpc) is 2.77. The SMILES string of the molecule is CCCc1c(O)cc(CCCSc2ccc(CC(=O)O)cc2Cl)c2c(CCC)c(O)c(=O)oc12. The van der Waals surface area contributed by atoms with Crippen molar-refractivity contribution in [2.24, 2.45) is 0 Å². The lowest BCUT2D eigenvalue weighted by atomic mass is 9.93. The highest BCUT2D eigenvalue weighted by Gasteiger charge is 2.21. The first-order valence-corrected chi connectivity index (χ1v) is 12.8. The summed E-state index contributed by atoms with van der Waals surface area (Å²) in [6, 6.07) is 7.00. The monoisotopic (exact) mass is 504 g/mol. The fourth-order valence-electron chi connectivity index (χ4n) is 4.14. The molecule has 3 N–H and O–H groups in total. The molecule has 0 amide bonds. The van der Waals surface area contributed by atoms with Crippen LogP contribution in [0.25, 0.3) is 11.0 Å². The molecule has 8 heteroatoms. The molecule has 3 aromatic rings. The van der Waals surface area contributed by atoms with E-state index in [1.807, 2.05) is 19.9 Å². The van der Waals surface area contributed by atoms with Gasteiger partial charge in [0.05, 0.1) is 11.4 Å². The maximum Gasteiger partial charge on any atom is 0.379 e. The van der Waals surface area contributed by atoms with Crippen molar-refractivity contribution in [3.8, 4) is 11.5 Å². The molecule has 0 radical (unpaired) electrons. The smallest absolute Gasteiger partial charge is 0.379 e. The molecule has 6 nitrogen and oxygen atoms in total. The van der Waals surface area contributed by atoms with E-state index in [4.69, 9.17) is 21.1 Å². The van der Waals surface area contributed by atoms with Crippen molar-refractivity contribution in [2.45, 2.75) is 63.7 Å². The third-order valence-corrected chi connectivity index (χ3v) is 7.20. The van der Waals surface area contributed by atoms with Crippen molar-refractivity contribution in [3.63, 3.8) is 0 Å². The first kappa shape index (κ1) is 26.0. The van der Waals surface area contributed by atoms with Gasteiger partial charge in [0.1, 0.15) is 11.3 Å². The van der Waals surface area contributed by atoms with Crippen molar-refractivity contribution >= 4 is 40.3 Å². The van der Waals surface area contributed by atoms with Crippen LogP contribution in [-0.2, 0) is 30.5 Å². The van der Waals surface area contributed by atoms with E-state index in [0.29, 0.717) is 46.6 Å². The first-order chi connectivity index (χ1) is 16.3. The molecule has 1 aromatic heterocycles. The fourth-order valence-corrected chi connectivity index (χ4v) is 5.37. The van der Waals surface area contributed by atoms with Gasteiger partial charge in [0.15, 0.2) is 0 Å². The predicted molar refractivity (Wildman–Crippen MR) is 136 cm³/mol. The van der Waals surface area contributed by atoms with Gasteiger partial charge in [0, 0.05) is 21.4 Å². The van der Waals surface area contributed by atoms with E-state index in [1.165, 1.54) is 0 Å². The summed E-state index contributed by atoms with van der Waals surface area (Å²) in [6.07, 6.45) is 3.92. The summed E-state index contributed by atoms with van der Waals surface area (Å²) in [4.78, 5) is 24.0. The van der Waals surface area contributed by atoms with E-state index < -0.39 is 11.6 Å². The van der Waals surface area contributed by atoms with Crippen LogP contribution in [0.15, 0.2) is 38.4 Å². The lowest BCUT2D eigenvalue weighted by molar-refractivity contribution is -0.136. The minimum Gasteiger partial charge on any atom is -0.508 e. The van der Waals surface area contributed by atoms with Crippen LogP contribution in [0.4, 0.5) is 0 Å². The molecule has 0 atom stereocenters. The lowest BCUT2D eigenvalue weighted by Gasteiger charge is -2.16. The second kappa shape index (κ2) is 11.7. The number of aromatic hydroxyl groups is 2. The molecular formula is C26H29ClO6S. The maximum atomic E-state index is 12.3. The predicted octanol–water partition coefficient (Wildman–Crippen LogP) is 6.11.